The van der Waals surface area contributed by atoms with E-state index in [1.165, 1.54) is 19.5 Å². The third-order valence-electron chi connectivity index (χ3n) is 4.39. The molecule has 2 aliphatic heterocycles. The van der Waals surface area contributed by atoms with Crippen LogP contribution >= 0.6 is 0 Å². The Balaban J connectivity index is 1.54. The lowest BCUT2D eigenvalue weighted by atomic mass is 9.97. The summed E-state index contributed by atoms with van der Waals surface area (Å²) in [4.78, 5) is 19.0. The van der Waals surface area contributed by atoms with Crippen LogP contribution in [0.3, 0.4) is 0 Å². The molecule has 0 aromatic carbocycles. The second-order valence-electron chi connectivity index (χ2n) is 5.82. The lowest BCUT2D eigenvalue weighted by molar-refractivity contribution is 0.0905. The summed E-state index contributed by atoms with van der Waals surface area (Å²) in [5, 5.41) is 4.03. The van der Waals surface area contributed by atoms with E-state index in [2.05, 4.69) is 15.2 Å². The van der Waals surface area contributed by atoms with Gasteiger partial charge in [-0.25, -0.2) is 4.98 Å². The Morgan fingerprint density at radius 2 is 2.35 bits per heavy atom. The molecule has 20 heavy (non-hydrogen) atoms. The maximum absolute atomic E-state index is 12.4. The summed E-state index contributed by atoms with van der Waals surface area (Å²) >= 11 is 0. The molecule has 3 atom stereocenters. The Morgan fingerprint density at radius 1 is 1.40 bits per heavy atom. The second-order valence-corrected chi connectivity index (χ2v) is 5.82. The van der Waals surface area contributed by atoms with Gasteiger partial charge >= 0.3 is 0 Å². The number of hydrogen-bond acceptors (Lipinski definition) is 4. The molecule has 1 amide bonds. The van der Waals surface area contributed by atoms with Crippen LogP contribution in [-0.2, 0) is 0 Å². The fraction of sp³-hybridized carbons (Fsp3) is 0.467. The molecule has 0 radical (unpaired) electrons. The highest BCUT2D eigenvalue weighted by Gasteiger charge is 2.33. The standard InChI is InChI=1S/C15H17N3O2/c19-15(13-14-11(1-4-16-13)3-6-20-14)17-12-7-10-2-5-18(8-10)9-12/h1,3-4,6,10,12H,2,5,7-9H2,(H,17,19)/t10-,12-/m1/s1/i4+1. The summed E-state index contributed by atoms with van der Waals surface area (Å²) in [5.41, 5.74) is 0.963. The van der Waals surface area contributed by atoms with E-state index in [0.29, 0.717) is 11.3 Å². The van der Waals surface area contributed by atoms with Crippen LogP contribution in [0.5, 0.6) is 0 Å². The monoisotopic (exact) mass is 272 g/mol. The molecule has 1 unspecified atom stereocenters. The summed E-state index contributed by atoms with van der Waals surface area (Å²) in [5.74, 6) is 0.611. The number of rotatable bonds is 2. The maximum Gasteiger partial charge on any atom is 0.274 e. The molecular formula is C15H17N3O2. The average molecular weight is 272 g/mol. The number of amides is 1. The predicted octanol–water partition coefficient (Wildman–Crippen LogP) is 1.65. The fourth-order valence-electron chi connectivity index (χ4n) is 3.47. The first-order chi connectivity index (χ1) is 9.79. The SMILES string of the molecule is O=C(N[C@@H]1C[C@H]2CCN(C2)C1)c1n[13cH]cc2ccoc12. The molecule has 2 fully saturated rings. The number of carbonyl (C=O) groups excluding carboxylic acids is 1. The summed E-state index contributed by atoms with van der Waals surface area (Å²) in [6.07, 6.45) is 5.59. The van der Waals surface area contributed by atoms with Crippen LogP contribution in [0.4, 0.5) is 0 Å². The molecule has 104 valence electrons. The highest BCUT2D eigenvalue weighted by molar-refractivity contribution is 6.02. The van der Waals surface area contributed by atoms with Crippen molar-refractivity contribution in [3.63, 3.8) is 0 Å². The summed E-state index contributed by atoms with van der Waals surface area (Å²) in [6, 6.07) is 3.93. The van der Waals surface area contributed by atoms with Crippen molar-refractivity contribution in [2.45, 2.75) is 18.9 Å². The molecule has 0 spiro atoms. The first kappa shape index (κ1) is 11.9. The first-order valence-electron chi connectivity index (χ1n) is 7.15. The summed E-state index contributed by atoms with van der Waals surface area (Å²) in [7, 11) is 0. The van der Waals surface area contributed by atoms with E-state index >= 15 is 0 Å². The van der Waals surface area contributed by atoms with Crippen molar-refractivity contribution in [1.82, 2.24) is 15.2 Å². The second kappa shape index (κ2) is 4.59. The minimum Gasteiger partial charge on any atom is -0.462 e. The number of furan rings is 1. The van der Waals surface area contributed by atoms with Crippen LogP contribution < -0.4 is 5.32 Å². The largest absolute Gasteiger partial charge is 0.462 e. The van der Waals surface area contributed by atoms with Gasteiger partial charge in [0.2, 0.25) is 0 Å². The molecule has 2 bridgehead atoms. The van der Waals surface area contributed by atoms with Crippen molar-refractivity contribution in [3.8, 4) is 0 Å². The van der Waals surface area contributed by atoms with Crippen molar-refractivity contribution in [3.05, 3.63) is 30.3 Å². The number of aromatic nitrogens is 1. The molecule has 2 saturated heterocycles. The molecular weight excluding hydrogens is 255 g/mol. The van der Waals surface area contributed by atoms with E-state index in [4.69, 9.17) is 4.42 Å². The van der Waals surface area contributed by atoms with Gasteiger partial charge in [0.05, 0.1) is 6.26 Å². The van der Waals surface area contributed by atoms with Crippen LogP contribution in [-0.4, -0.2) is 41.5 Å². The third kappa shape index (κ3) is 1.98. The Labute approximate surface area is 117 Å². The Bertz CT molecular complexity index is 639. The van der Waals surface area contributed by atoms with E-state index in [1.54, 1.807) is 12.5 Å². The molecule has 2 aliphatic rings. The Kier molecular flexibility index (Phi) is 2.73. The van der Waals surface area contributed by atoms with Gasteiger partial charge in [-0.15, -0.1) is 0 Å². The van der Waals surface area contributed by atoms with Gasteiger partial charge in [0.25, 0.3) is 5.91 Å². The smallest absolute Gasteiger partial charge is 0.274 e. The lowest BCUT2D eigenvalue weighted by Crippen LogP contribution is -2.47. The van der Waals surface area contributed by atoms with Gasteiger partial charge in [-0.1, -0.05) is 0 Å². The number of piperidine rings is 1. The van der Waals surface area contributed by atoms with Gasteiger partial charge in [-0.2, -0.15) is 0 Å². The molecule has 4 rings (SSSR count). The number of carbonyl (C=O) groups is 1. The van der Waals surface area contributed by atoms with Crippen molar-refractivity contribution < 1.29 is 9.21 Å². The zero-order chi connectivity index (χ0) is 13.5. The molecule has 5 nitrogen and oxygen atoms in total. The zero-order valence-corrected chi connectivity index (χ0v) is 11.2. The zero-order valence-electron chi connectivity index (χ0n) is 11.2. The van der Waals surface area contributed by atoms with Crippen molar-refractivity contribution in [2.75, 3.05) is 19.6 Å². The normalized spacial score (nSPS) is 28.7. The molecule has 2 aromatic heterocycles. The highest BCUT2D eigenvalue weighted by Crippen LogP contribution is 2.27. The molecule has 1 N–H and O–H groups in total. The minimum absolute atomic E-state index is 0.127. The van der Waals surface area contributed by atoms with Crippen LogP contribution in [0.1, 0.15) is 23.3 Å². The quantitative estimate of drug-likeness (QED) is 0.903. The number of pyridine rings is 1. The van der Waals surface area contributed by atoms with E-state index in [9.17, 15) is 4.79 Å². The van der Waals surface area contributed by atoms with Crippen molar-refractivity contribution in [2.24, 2.45) is 5.92 Å². The van der Waals surface area contributed by atoms with E-state index in [1.807, 2.05) is 12.1 Å². The molecule has 5 heteroatoms. The van der Waals surface area contributed by atoms with Gasteiger partial charge in [0.1, 0.15) is 0 Å². The van der Waals surface area contributed by atoms with Gasteiger partial charge in [-0.3, -0.25) is 4.79 Å². The van der Waals surface area contributed by atoms with E-state index in [0.717, 1.165) is 24.3 Å². The Hall–Kier alpha value is -1.88. The van der Waals surface area contributed by atoms with Crippen LogP contribution in [0.2, 0.25) is 0 Å². The highest BCUT2D eigenvalue weighted by atomic mass is 16.3. The lowest BCUT2D eigenvalue weighted by Gasteiger charge is -2.30. The number of nitrogens with zero attached hydrogens (tertiary/aromatic N) is 2. The maximum atomic E-state index is 12.4. The van der Waals surface area contributed by atoms with E-state index < -0.39 is 0 Å². The van der Waals surface area contributed by atoms with Crippen LogP contribution in [0, 0.1) is 5.92 Å². The van der Waals surface area contributed by atoms with E-state index in [-0.39, 0.29) is 11.9 Å². The molecule has 0 aliphatic carbocycles. The van der Waals surface area contributed by atoms with Gasteiger partial charge < -0.3 is 14.6 Å². The summed E-state index contributed by atoms with van der Waals surface area (Å²) < 4.78 is 5.38. The van der Waals surface area contributed by atoms with Crippen molar-refractivity contribution >= 4 is 16.9 Å². The first-order valence-corrected chi connectivity index (χ1v) is 7.15. The molecule has 4 heterocycles. The van der Waals surface area contributed by atoms with Crippen molar-refractivity contribution in [1.29, 1.82) is 0 Å². The predicted molar refractivity (Wildman–Crippen MR) is 74.4 cm³/mol. The topological polar surface area (TPSA) is 58.4 Å². The fourth-order valence-corrected chi connectivity index (χ4v) is 3.47. The summed E-state index contributed by atoms with van der Waals surface area (Å²) in [6.45, 7) is 3.32. The Morgan fingerprint density at radius 3 is 3.25 bits per heavy atom. The minimum atomic E-state index is -0.127. The van der Waals surface area contributed by atoms with Gasteiger partial charge in [0, 0.05) is 30.7 Å². The molecule has 2 aromatic rings. The number of fused-ring (bicyclic) bond motifs is 3. The third-order valence-corrected chi connectivity index (χ3v) is 4.39. The van der Waals surface area contributed by atoms with Crippen LogP contribution in [0.25, 0.3) is 11.0 Å². The van der Waals surface area contributed by atoms with Crippen LogP contribution in [0.15, 0.2) is 29.0 Å². The van der Waals surface area contributed by atoms with Gasteiger partial charge in [0.15, 0.2) is 11.3 Å². The average Bonchev–Trinajstić information content (AvgIpc) is 3.04. The number of hydrogen-bond donors (Lipinski definition) is 1. The molecule has 0 saturated carbocycles. The van der Waals surface area contributed by atoms with Gasteiger partial charge in [-0.05, 0) is 37.4 Å². The number of nitrogens with one attached hydrogen (secondary N) is 1.